The van der Waals surface area contributed by atoms with Crippen molar-refractivity contribution in [2.24, 2.45) is 0 Å². The first kappa shape index (κ1) is 30.9. The summed E-state index contributed by atoms with van der Waals surface area (Å²) < 4.78 is 29.3. The van der Waals surface area contributed by atoms with Crippen LogP contribution in [0.2, 0.25) is 0 Å². The molecule has 0 unspecified atom stereocenters. The highest BCUT2D eigenvalue weighted by molar-refractivity contribution is 7.92. The van der Waals surface area contributed by atoms with Gasteiger partial charge in [-0.3, -0.25) is 13.9 Å². The van der Waals surface area contributed by atoms with Crippen LogP contribution in [0.3, 0.4) is 0 Å². The van der Waals surface area contributed by atoms with Crippen LogP contribution in [0.1, 0.15) is 54.5 Å². The molecule has 0 aromatic heterocycles. The molecule has 3 aromatic rings. The molecule has 0 saturated heterocycles. The van der Waals surface area contributed by atoms with Crippen molar-refractivity contribution in [3.8, 4) is 0 Å². The van der Waals surface area contributed by atoms with Crippen molar-refractivity contribution >= 4 is 27.5 Å². The smallest absolute Gasteiger partial charge is 0.264 e. The van der Waals surface area contributed by atoms with E-state index in [1.807, 2.05) is 77.9 Å². The molecule has 0 radical (unpaired) electrons. The summed E-state index contributed by atoms with van der Waals surface area (Å²) in [6, 6.07) is 19.2. The van der Waals surface area contributed by atoms with Gasteiger partial charge in [0.15, 0.2) is 0 Å². The van der Waals surface area contributed by atoms with E-state index in [4.69, 9.17) is 0 Å². The van der Waals surface area contributed by atoms with Crippen LogP contribution in [0.25, 0.3) is 0 Å². The van der Waals surface area contributed by atoms with E-state index in [1.165, 1.54) is 9.21 Å². The van der Waals surface area contributed by atoms with E-state index in [2.05, 4.69) is 5.32 Å². The number of rotatable bonds is 12. The lowest BCUT2D eigenvalue weighted by atomic mass is 10.1. The lowest BCUT2D eigenvalue weighted by molar-refractivity contribution is -0.140. The fourth-order valence-corrected chi connectivity index (χ4v) is 5.99. The third-order valence-corrected chi connectivity index (χ3v) is 8.70. The van der Waals surface area contributed by atoms with Gasteiger partial charge >= 0.3 is 0 Å². The van der Waals surface area contributed by atoms with Gasteiger partial charge in [-0.15, -0.1) is 0 Å². The van der Waals surface area contributed by atoms with Crippen molar-refractivity contribution in [1.29, 1.82) is 0 Å². The van der Waals surface area contributed by atoms with Crippen LogP contribution in [0, 0.1) is 27.7 Å². The standard InChI is InChI=1S/C32H41N3O4S/c1-7-19-33-32(37)29(8-2)34(21-27-15-10-23(3)11-16-27)31(36)22-35(30-20-25(5)9-14-26(30)6)40(38,39)28-17-12-24(4)13-18-28/h9-18,20,29H,7-8,19,21-22H2,1-6H3,(H,33,37)/t29-/m1/s1. The number of nitrogens with one attached hydrogen (secondary N) is 1. The van der Waals surface area contributed by atoms with Gasteiger partial charge in [-0.1, -0.05) is 73.5 Å². The van der Waals surface area contributed by atoms with E-state index < -0.39 is 28.5 Å². The third kappa shape index (κ3) is 7.50. The zero-order chi connectivity index (χ0) is 29.4. The molecule has 214 valence electrons. The first-order valence-corrected chi connectivity index (χ1v) is 15.2. The highest BCUT2D eigenvalue weighted by Crippen LogP contribution is 2.29. The zero-order valence-corrected chi connectivity index (χ0v) is 25.2. The predicted octanol–water partition coefficient (Wildman–Crippen LogP) is 5.45. The number of carbonyl (C=O) groups excluding carboxylic acids is 2. The largest absolute Gasteiger partial charge is 0.354 e. The molecule has 40 heavy (non-hydrogen) atoms. The van der Waals surface area contributed by atoms with Gasteiger partial charge < -0.3 is 10.2 Å². The highest BCUT2D eigenvalue weighted by Gasteiger charge is 2.34. The van der Waals surface area contributed by atoms with Crippen LogP contribution in [-0.2, 0) is 26.2 Å². The fourth-order valence-electron chi connectivity index (χ4n) is 4.51. The van der Waals surface area contributed by atoms with Crippen molar-refractivity contribution in [2.75, 3.05) is 17.4 Å². The van der Waals surface area contributed by atoms with Gasteiger partial charge in [-0.05, 0) is 75.4 Å². The minimum atomic E-state index is -4.10. The van der Waals surface area contributed by atoms with Gasteiger partial charge in [0.2, 0.25) is 11.8 Å². The summed E-state index contributed by atoms with van der Waals surface area (Å²) in [6.07, 6.45) is 1.16. The summed E-state index contributed by atoms with van der Waals surface area (Å²) in [7, 11) is -4.10. The number of anilines is 1. The molecule has 1 N–H and O–H groups in total. The Morgan fingerprint density at radius 2 is 1.40 bits per heavy atom. The Kier molecular flexibility index (Phi) is 10.5. The van der Waals surface area contributed by atoms with Crippen LogP contribution in [-0.4, -0.2) is 44.3 Å². The molecule has 0 aliphatic carbocycles. The predicted molar refractivity (Wildman–Crippen MR) is 161 cm³/mol. The lowest BCUT2D eigenvalue weighted by Crippen LogP contribution is -2.52. The van der Waals surface area contributed by atoms with Crippen LogP contribution in [0.5, 0.6) is 0 Å². The van der Waals surface area contributed by atoms with E-state index in [0.29, 0.717) is 18.7 Å². The Morgan fingerprint density at radius 1 is 0.825 bits per heavy atom. The second-order valence-corrected chi connectivity index (χ2v) is 12.2. The van der Waals surface area contributed by atoms with Crippen molar-refractivity contribution in [2.45, 2.75) is 71.9 Å². The fraction of sp³-hybridized carbons (Fsp3) is 0.375. The molecule has 0 fully saturated rings. The molecule has 0 aliphatic heterocycles. The molecule has 0 aliphatic rings. The van der Waals surface area contributed by atoms with Gasteiger partial charge in [0.1, 0.15) is 12.6 Å². The van der Waals surface area contributed by atoms with Gasteiger partial charge in [0, 0.05) is 13.1 Å². The maximum atomic E-state index is 14.1. The molecule has 3 rings (SSSR count). The number of aryl methyl sites for hydroxylation is 4. The van der Waals surface area contributed by atoms with Crippen molar-refractivity contribution in [3.63, 3.8) is 0 Å². The molecule has 0 bridgehead atoms. The quantitative estimate of drug-likeness (QED) is 0.318. The first-order chi connectivity index (χ1) is 19.0. The number of benzene rings is 3. The summed E-state index contributed by atoms with van der Waals surface area (Å²) >= 11 is 0. The normalized spacial score (nSPS) is 12.1. The van der Waals surface area contributed by atoms with Gasteiger partial charge in [0.05, 0.1) is 10.6 Å². The van der Waals surface area contributed by atoms with E-state index in [9.17, 15) is 18.0 Å². The van der Waals surface area contributed by atoms with Crippen LogP contribution >= 0.6 is 0 Å². The molecule has 3 aromatic carbocycles. The monoisotopic (exact) mass is 563 g/mol. The Morgan fingerprint density at radius 3 is 1.98 bits per heavy atom. The molecule has 1 atom stereocenters. The lowest BCUT2D eigenvalue weighted by Gasteiger charge is -2.33. The summed E-state index contributed by atoms with van der Waals surface area (Å²) in [6.45, 7) is 11.7. The summed E-state index contributed by atoms with van der Waals surface area (Å²) in [5.74, 6) is -0.694. The summed E-state index contributed by atoms with van der Waals surface area (Å²) in [5.41, 5.74) is 4.92. The average Bonchev–Trinajstić information content (AvgIpc) is 2.93. The Bertz CT molecular complexity index is 1420. The number of hydrogen-bond donors (Lipinski definition) is 1. The molecular weight excluding hydrogens is 522 g/mol. The molecule has 0 heterocycles. The molecule has 0 spiro atoms. The van der Waals surface area contributed by atoms with E-state index in [-0.39, 0.29) is 17.3 Å². The van der Waals surface area contributed by atoms with Crippen molar-refractivity contribution in [3.05, 3.63) is 94.5 Å². The first-order valence-electron chi connectivity index (χ1n) is 13.8. The topological polar surface area (TPSA) is 86.8 Å². The summed E-state index contributed by atoms with van der Waals surface area (Å²) in [5, 5.41) is 2.91. The maximum absolute atomic E-state index is 14.1. The number of hydrogen-bond acceptors (Lipinski definition) is 4. The maximum Gasteiger partial charge on any atom is 0.264 e. The molecule has 0 saturated carbocycles. The Balaban J connectivity index is 2.09. The zero-order valence-electron chi connectivity index (χ0n) is 24.4. The minimum absolute atomic E-state index is 0.102. The number of nitrogens with zero attached hydrogens (tertiary/aromatic N) is 2. The van der Waals surface area contributed by atoms with E-state index in [1.54, 1.807) is 30.3 Å². The van der Waals surface area contributed by atoms with Crippen LogP contribution in [0.4, 0.5) is 5.69 Å². The van der Waals surface area contributed by atoms with Crippen molar-refractivity contribution in [1.82, 2.24) is 10.2 Å². The van der Waals surface area contributed by atoms with Crippen LogP contribution < -0.4 is 9.62 Å². The van der Waals surface area contributed by atoms with Gasteiger partial charge in [0.25, 0.3) is 10.0 Å². The minimum Gasteiger partial charge on any atom is -0.354 e. The number of carbonyl (C=O) groups is 2. The second kappa shape index (κ2) is 13.6. The number of sulfonamides is 1. The van der Waals surface area contributed by atoms with Gasteiger partial charge in [-0.2, -0.15) is 0 Å². The van der Waals surface area contributed by atoms with E-state index >= 15 is 0 Å². The number of amides is 2. The Hall–Kier alpha value is -3.65. The molecule has 7 nitrogen and oxygen atoms in total. The van der Waals surface area contributed by atoms with Crippen LogP contribution in [0.15, 0.2) is 71.6 Å². The molecule has 2 amide bonds. The molecular formula is C32H41N3O4S. The second-order valence-electron chi connectivity index (χ2n) is 10.3. The SMILES string of the molecule is CCCNC(=O)[C@@H](CC)N(Cc1ccc(C)cc1)C(=O)CN(c1cc(C)ccc1C)S(=O)(=O)c1ccc(C)cc1. The Labute approximate surface area is 239 Å². The molecule has 8 heteroatoms. The van der Waals surface area contributed by atoms with Crippen molar-refractivity contribution < 1.29 is 18.0 Å². The van der Waals surface area contributed by atoms with Gasteiger partial charge in [-0.25, -0.2) is 8.42 Å². The average molecular weight is 564 g/mol. The third-order valence-electron chi connectivity index (χ3n) is 6.93. The summed E-state index contributed by atoms with van der Waals surface area (Å²) in [4.78, 5) is 29.0. The van der Waals surface area contributed by atoms with E-state index in [0.717, 1.165) is 34.2 Å². The highest BCUT2D eigenvalue weighted by atomic mass is 32.2.